The SMILES string of the molecule is CC1CCC(NC2CC(=O)N(C3CC3)C2=O)C(C)C1. The molecule has 19 heavy (non-hydrogen) atoms. The van der Waals surface area contributed by atoms with Gasteiger partial charge < -0.3 is 5.32 Å². The van der Waals surface area contributed by atoms with Crippen molar-refractivity contribution in [3.63, 3.8) is 0 Å². The topological polar surface area (TPSA) is 49.4 Å². The van der Waals surface area contributed by atoms with Crippen LogP contribution in [0.1, 0.15) is 52.4 Å². The van der Waals surface area contributed by atoms with Crippen LogP contribution >= 0.6 is 0 Å². The van der Waals surface area contributed by atoms with E-state index < -0.39 is 0 Å². The van der Waals surface area contributed by atoms with Gasteiger partial charge >= 0.3 is 0 Å². The zero-order valence-electron chi connectivity index (χ0n) is 11.9. The van der Waals surface area contributed by atoms with E-state index in [1.54, 1.807) is 0 Å². The van der Waals surface area contributed by atoms with Gasteiger partial charge in [-0.2, -0.15) is 0 Å². The van der Waals surface area contributed by atoms with Crippen LogP contribution in [0.3, 0.4) is 0 Å². The summed E-state index contributed by atoms with van der Waals surface area (Å²) in [6.45, 7) is 4.55. The highest BCUT2D eigenvalue weighted by atomic mass is 16.2. The molecule has 2 amide bonds. The molecule has 2 aliphatic carbocycles. The van der Waals surface area contributed by atoms with Crippen molar-refractivity contribution in [2.24, 2.45) is 11.8 Å². The second kappa shape index (κ2) is 4.89. The molecule has 3 rings (SSSR count). The maximum absolute atomic E-state index is 12.3. The smallest absolute Gasteiger partial charge is 0.247 e. The molecule has 1 heterocycles. The Kier molecular flexibility index (Phi) is 3.37. The summed E-state index contributed by atoms with van der Waals surface area (Å²) in [5.74, 6) is 1.44. The predicted octanol–water partition coefficient (Wildman–Crippen LogP) is 1.69. The van der Waals surface area contributed by atoms with Gasteiger partial charge in [0, 0.05) is 12.1 Å². The highest BCUT2D eigenvalue weighted by Crippen LogP contribution is 2.33. The quantitative estimate of drug-likeness (QED) is 0.789. The molecule has 4 nitrogen and oxygen atoms in total. The average Bonchev–Trinajstić information content (AvgIpc) is 3.12. The van der Waals surface area contributed by atoms with Gasteiger partial charge in [-0.05, 0) is 43.9 Å². The molecule has 0 aromatic heterocycles. The van der Waals surface area contributed by atoms with E-state index in [0.717, 1.165) is 25.2 Å². The predicted molar refractivity (Wildman–Crippen MR) is 72.4 cm³/mol. The molecule has 3 fully saturated rings. The summed E-state index contributed by atoms with van der Waals surface area (Å²) in [7, 11) is 0. The first-order valence-corrected chi connectivity index (χ1v) is 7.68. The Morgan fingerprint density at radius 3 is 2.47 bits per heavy atom. The largest absolute Gasteiger partial charge is 0.302 e. The van der Waals surface area contributed by atoms with Crippen molar-refractivity contribution in [3.05, 3.63) is 0 Å². The molecule has 0 spiro atoms. The van der Waals surface area contributed by atoms with Crippen LogP contribution in [0, 0.1) is 11.8 Å². The number of hydrogen-bond donors (Lipinski definition) is 1. The second-order valence-corrected chi connectivity index (χ2v) is 6.76. The van der Waals surface area contributed by atoms with Crippen LogP contribution in [-0.2, 0) is 9.59 Å². The van der Waals surface area contributed by atoms with Crippen LogP contribution < -0.4 is 5.32 Å². The summed E-state index contributed by atoms with van der Waals surface area (Å²) < 4.78 is 0. The van der Waals surface area contributed by atoms with Gasteiger partial charge in [0.25, 0.3) is 0 Å². The van der Waals surface area contributed by atoms with Gasteiger partial charge in [0.15, 0.2) is 0 Å². The van der Waals surface area contributed by atoms with Crippen molar-refractivity contribution in [2.45, 2.75) is 70.5 Å². The summed E-state index contributed by atoms with van der Waals surface area (Å²) in [5, 5.41) is 3.47. The summed E-state index contributed by atoms with van der Waals surface area (Å²) in [6.07, 6.45) is 5.95. The molecule has 106 valence electrons. The number of rotatable bonds is 3. The molecule has 4 unspecified atom stereocenters. The highest BCUT2D eigenvalue weighted by Gasteiger charge is 2.46. The number of imide groups is 1. The number of hydrogen-bond acceptors (Lipinski definition) is 3. The maximum atomic E-state index is 12.3. The van der Waals surface area contributed by atoms with E-state index >= 15 is 0 Å². The normalized spacial score (nSPS) is 40.0. The highest BCUT2D eigenvalue weighted by molar-refractivity contribution is 6.06. The number of nitrogens with zero attached hydrogens (tertiary/aromatic N) is 1. The third kappa shape index (κ3) is 2.55. The van der Waals surface area contributed by atoms with Crippen LogP contribution in [0.15, 0.2) is 0 Å². The van der Waals surface area contributed by atoms with Gasteiger partial charge in [-0.25, -0.2) is 0 Å². The van der Waals surface area contributed by atoms with E-state index in [-0.39, 0.29) is 23.9 Å². The molecular weight excluding hydrogens is 240 g/mol. The van der Waals surface area contributed by atoms with Gasteiger partial charge in [0.05, 0.1) is 12.5 Å². The lowest BCUT2D eigenvalue weighted by Gasteiger charge is -2.34. The minimum atomic E-state index is -0.256. The summed E-state index contributed by atoms with van der Waals surface area (Å²) in [5.41, 5.74) is 0. The zero-order valence-corrected chi connectivity index (χ0v) is 11.9. The van der Waals surface area contributed by atoms with Crippen LogP contribution in [0.2, 0.25) is 0 Å². The Morgan fingerprint density at radius 2 is 1.84 bits per heavy atom. The fraction of sp³-hybridized carbons (Fsp3) is 0.867. The lowest BCUT2D eigenvalue weighted by Crippen LogP contribution is -2.48. The number of amides is 2. The van der Waals surface area contributed by atoms with E-state index in [9.17, 15) is 9.59 Å². The van der Waals surface area contributed by atoms with Gasteiger partial charge in [-0.1, -0.05) is 13.8 Å². The number of carbonyl (C=O) groups is 2. The second-order valence-electron chi connectivity index (χ2n) is 6.76. The standard InChI is InChI=1S/C15H24N2O2/c1-9-3-6-12(10(2)7-9)16-13-8-14(18)17(15(13)19)11-4-5-11/h9-13,16H,3-8H2,1-2H3. The average molecular weight is 264 g/mol. The van der Waals surface area contributed by atoms with Crippen LogP contribution in [0.5, 0.6) is 0 Å². The molecule has 0 bridgehead atoms. The Balaban J connectivity index is 1.61. The first kappa shape index (κ1) is 13.1. The molecule has 0 aromatic rings. The molecule has 0 radical (unpaired) electrons. The van der Waals surface area contributed by atoms with Crippen LogP contribution in [-0.4, -0.2) is 34.8 Å². The van der Waals surface area contributed by atoms with Crippen molar-refractivity contribution in [1.29, 1.82) is 0 Å². The molecule has 4 atom stereocenters. The van der Waals surface area contributed by atoms with Gasteiger partial charge in [0.1, 0.15) is 0 Å². The molecule has 1 N–H and O–H groups in total. The van der Waals surface area contributed by atoms with E-state index in [0.29, 0.717) is 18.4 Å². The molecule has 4 heteroatoms. The van der Waals surface area contributed by atoms with E-state index in [4.69, 9.17) is 0 Å². The van der Waals surface area contributed by atoms with Crippen molar-refractivity contribution in [3.8, 4) is 0 Å². The minimum absolute atomic E-state index is 0.0262. The molecule has 3 aliphatic rings. The Hall–Kier alpha value is -0.900. The first-order chi connectivity index (χ1) is 9.06. The fourth-order valence-corrected chi connectivity index (χ4v) is 3.67. The molecule has 2 saturated carbocycles. The monoisotopic (exact) mass is 264 g/mol. The van der Waals surface area contributed by atoms with Gasteiger partial charge in [0.2, 0.25) is 11.8 Å². The van der Waals surface area contributed by atoms with Crippen LogP contribution in [0.4, 0.5) is 0 Å². The summed E-state index contributed by atoms with van der Waals surface area (Å²) >= 11 is 0. The maximum Gasteiger partial charge on any atom is 0.247 e. The third-order valence-electron chi connectivity index (χ3n) is 4.94. The number of likely N-dealkylation sites (tertiary alicyclic amines) is 1. The summed E-state index contributed by atoms with van der Waals surface area (Å²) in [6, 6.07) is 0.363. The van der Waals surface area contributed by atoms with E-state index in [1.165, 1.54) is 17.7 Å². The minimum Gasteiger partial charge on any atom is -0.302 e. The zero-order chi connectivity index (χ0) is 13.6. The lowest BCUT2D eigenvalue weighted by molar-refractivity contribution is -0.139. The first-order valence-electron chi connectivity index (χ1n) is 7.68. The van der Waals surface area contributed by atoms with E-state index in [2.05, 4.69) is 19.2 Å². The van der Waals surface area contributed by atoms with Gasteiger partial charge in [-0.15, -0.1) is 0 Å². The van der Waals surface area contributed by atoms with Crippen LogP contribution in [0.25, 0.3) is 0 Å². The Bertz CT molecular complexity index is 392. The fourth-order valence-electron chi connectivity index (χ4n) is 3.67. The lowest BCUT2D eigenvalue weighted by atomic mass is 9.79. The number of carbonyl (C=O) groups excluding carboxylic acids is 2. The third-order valence-corrected chi connectivity index (χ3v) is 4.94. The van der Waals surface area contributed by atoms with Crippen molar-refractivity contribution >= 4 is 11.8 Å². The van der Waals surface area contributed by atoms with E-state index in [1.807, 2.05) is 0 Å². The van der Waals surface area contributed by atoms with Gasteiger partial charge in [-0.3, -0.25) is 14.5 Å². The Labute approximate surface area is 114 Å². The molecule has 1 saturated heterocycles. The van der Waals surface area contributed by atoms with Crippen molar-refractivity contribution in [2.75, 3.05) is 0 Å². The number of nitrogens with one attached hydrogen (secondary N) is 1. The molecule has 0 aromatic carbocycles. The molecular formula is C15H24N2O2. The van der Waals surface area contributed by atoms with Crippen molar-refractivity contribution < 1.29 is 9.59 Å². The van der Waals surface area contributed by atoms with Crippen molar-refractivity contribution in [1.82, 2.24) is 10.2 Å². The summed E-state index contributed by atoms with van der Waals surface area (Å²) in [4.78, 5) is 25.7. The molecule has 1 aliphatic heterocycles. The Morgan fingerprint density at radius 1 is 1.11 bits per heavy atom.